The number of aromatic amines is 1. The summed E-state index contributed by atoms with van der Waals surface area (Å²) in [5, 5.41) is 7.00. The topological polar surface area (TPSA) is 67.6 Å². The Balaban J connectivity index is 2.01. The van der Waals surface area contributed by atoms with E-state index in [4.69, 9.17) is 5.73 Å². The number of aromatic nitrogens is 3. The lowest BCUT2D eigenvalue weighted by molar-refractivity contribution is 0.290. The lowest BCUT2D eigenvalue weighted by atomic mass is 9.80. The molecule has 2 rings (SSSR count). The summed E-state index contributed by atoms with van der Waals surface area (Å²) in [6.45, 7) is 1.92. The van der Waals surface area contributed by atoms with Gasteiger partial charge in [0.25, 0.3) is 0 Å². The number of rotatable bonds is 2. The summed E-state index contributed by atoms with van der Waals surface area (Å²) in [5.41, 5.74) is 6.26. The van der Waals surface area contributed by atoms with Crippen LogP contribution in [0.4, 0.5) is 0 Å². The Morgan fingerprint density at radius 1 is 1.36 bits per heavy atom. The zero-order valence-corrected chi connectivity index (χ0v) is 8.71. The van der Waals surface area contributed by atoms with Crippen LogP contribution in [-0.2, 0) is 6.42 Å². The van der Waals surface area contributed by atoms with Gasteiger partial charge < -0.3 is 5.73 Å². The zero-order valence-electron chi connectivity index (χ0n) is 8.71. The summed E-state index contributed by atoms with van der Waals surface area (Å²) in [5.74, 6) is 1.74. The quantitative estimate of drug-likeness (QED) is 0.746. The van der Waals surface area contributed by atoms with Crippen LogP contribution in [-0.4, -0.2) is 20.7 Å². The maximum Gasteiger partial charge on any atom is 0.152 e. The Morgan fingerprint density at radius 2 is 2.07 bits per heavy atom. The SMILES string of the molecule is Cc1nc(CC2(N)CCCCC2)n[nH]1. The van der Waals surface area contributed by atoms with Gasteiger partial charge in [0, 0.05) is 12.0 Å². The van der Waals surface area contributed by atoms with E-state index in [2.05, 4.69) is 15.2 Å². The monoisotopic (exact) mass is 194 g/mol. The molecule has 78 valence electrons. The van der Waals surface area contributed by atoms with Crippen molar-refractivity contribution in [1.29, 1.82) is 0 Å². The first-order chi connectivity index (χ1) is 6.68. The molecular weight excluding hydrogens is 176 g/mol. The highest BCUT2D eigenvalue weighted by Gasteiger charge is 2.28. The summed E-state index contributed by atoms with van der Waals surface area (Å²) in [7, 11) is 0. The molecule has 1 aliphatic carbocycles. The molecule has 0 radical (unpaired) electrons. The smallest absolute Gasteiger partial charge is 0.152 e. The third-order valence-electron chi connectivity index (χ3n) is 3.00. The summed E-state index contributed by atoms with van der Waals surface area (Å²) in [4.78, 5) is 4.30. The van der Waals surface area contributed by atoms with Gasteiger partial charge in [0.05, 0.1) is 0 Å². The van der Waals surface area contributed by atoms with Crippen LogP contribution in [0.1, 0.15) is 43.8 Å². The number of hydrogen-bond donors (Lipinski definition) is 2. The molecule has 1 aliphatic rings. The molecule has 0 bridgehead atoms. The van der Waals surface area contributed by atoms with Gasteiger partial charge in [0.2, 0.25) is 0 Å². The van der Waals surface area contributed by atoms with E-state index >= 15 is 0 Å². The molecule has 14 heavy (non-hydrogen) atoms. The average Bonchev–Trinajstić information content (AvgIpc) is 2.51. The summed E-state index contributed by atoms with van der Waals surface area (Å²) >= 11 is 0. The van der Waals surface area contributed by atoms with Crippen LogP contribution in [0.2, 0.25) is 0 Å². The number of nitrogens with zero attached hydrogens (tertiary/aromatic N) is 2. The molecule has 4 heteroatoms. The number of nitrogens with two attached hydrogens (primary N) is 1. The minimum absolute atomic E-state index is 0.0487. The predicted octanol–water partition coefficient (Wildman–Crippen LogP) is 1.32. The highest BCUT2D eigenvalue weighted by molar-refractivity contribution is 4.99. The molecule has 0 aromatic carbocycles. The maximum absolute atomic E-state index is 6.31. The van der Waals surface area contributed by atoms with Gasteiger partial charge in [-0.05, 0) is 19.8 Å². The predicted molar refractivity (Wildman–Crippen MR) is 54.8 cm³/mol. The number of aryl methyl sites for hydroxylation is 1. The fourth-order valence-corrected chi connectivity index (χ4v) is 2.22. The minimum Gasteiger partial charge on any atom is -0.325 e. The van der Waals surface area contributed by atoms with Crippen LogP contribution in [0.5, 0.6) is 0 Å². The average molecular weight is 194 g/mol. The number of H-pyrrole nitrogens is 1. The van der Waals surface area contributed by atoms with Gasteiger partial charge in [0.15, 0.2) is 5.82 Å². The summed E-state index contributed by atoms with van der Waals surface area (Å²) in [6.07, 6.45) is 6.87. The van der Waals surface area contributed by atoms with Crippen molar-refractivity contribution in [3.8, 4) is 0 Å². The van der Waals surface area contributed by atoms with Crippen molar-refractivity contribution < 1.29 is 0 Å². The van der Waals surface area contributed by atoms with Crippen molar-refractivity contribution >= 4 is 0 Å². The van der Waals surface area contributed by atoms with Crippen molar-refractivity contribution in [1.82, 2.24) is 15.2 Å². The van der Waals surface area contributed by atoms with Gasteiger partial charge >= 0.3 is 0 Å². The zero-order chi connectivity index (χ0) is 10.0. The van der Waals surface area contributed by atoms with Crippen LogP contribution in [0.3, 0.4) is 0 Å². The third kappa shape index (κ3) is 2.12. The minimum atomic E-state index is -0.0487. The molecule has 4 nitrogen and oxygen atoms in total. The van der Waals surface area contributed by atoms with E-state index in [1.807, 2.05) is 6.92 Å². The molecule has 1 aromatic rings. The van der Waals surface area contributed by atoms with Gasteiger partial charge in [-0.1, -0.05) is 19.3 Å². The van der Waals surface area contributed by atoms with Crippen LogP contribution >= 0.6 is 0 Å². The van der Waals surface area contributed by atoms with E-state index in [1.165, 1.54) is 19.3 Å². The Kier molecular flexibility index (Phi) is 2.54. The first-order valence-electron chi connectivity index (χ1n) is 5.35. The van der Waals surface area contributed by atoms with Crippen LogP contribution < -0.4 is 5.73 Å². The second kappa shape index (κ2) is 3.69. The van der Waals surface area contributed by atoms with Crippen molar-refractivity contribution in [3.63, 3.8) is 0 Å². The van der Waals surface area contributed by atoms with E-state index in [1.54, 1.807) is 0 Å². The molecule has 0 atom stereocenters. The summed E-state index contributed by atoms with van der Waals surface area (Å²) in [6, 6.07) is 0. The fourth-order valence-electron chi connectivity index (χ4n) is 2.22. The molecule has 1 saturated carbocycles. The molecule has 0 spiro atoms. The molecule has 0 amide bonds. The Hall–Kier alpha value is -0.900. The normalized spacial score (nSPS) is 21.0. The Morgan fingerprint density at radius 3 is 2.64 bits per heavy atom. The molecule has 0 unspecified atom stereocenters. The summed E-state index contributed by atoms with van der Waals surface area (Å²) < 4.78 is 0. The number of nitrogens with one attached hydrogen (secondary N) is 1. The lowest BCUT2D eigenvalue weighted by Crippen LogP contribution is -2.44. The second-order valence-electron chi connectivity index (χ2n) is 4.44. The van der Waals surface area contributed by atoms with Gasteiger partial charge in [-0.25, -0.2) is 4.98 Å². The van der Waals surface area contributed by atoms with Crippen LogP contribution in [0, 0.1) is 6.92 Å². The first-order valence-corrected chi connectivity index (χ1v) is 5.35. The molecule has 0 saturated heterocycles. The molecule has 1 fully saturated rings. The van der Waals surface area contributed by atoms with Crippen molar-refractivity contribution in [3.05, 3.63) is 11.6 Å². The van der Waals surface area contributed by atoms with Gasteiger partial charge in [-0.3, -0.25) is 5.10 Å². The number of hydrogen-bond acceptors (Lipinski definition) is 3. The van der Waals surface area contributed by atoms with E-state index in [0.29, 0.717) is 0 Å². The second-order valence-corrected chi connectivity index (χ2v) is 4.44. The molecule has 3 N–H and O–H groups in total. The molecule has 1 aromatic heterocycles. The van der Waals surface area contributed by atoms with E-state index in [0.717, 1.165) is 30.9 Å². The van der Waals surface area contributed by atoms with E-state index < -0.39 is 0 Å². The molecule has 1 heterocycles. The highest BCUT2D eigenvalue weighted by atomic mass is 15.2. The van der Waals surface area contributed by atoms with Gasteiger partial charge in [-0.2, -0.15) is 5.10 Å². The largest absolute Gasteiger partial charge is 0.325 e. The van der Waals surface area contributed by atoms with E-state index in [-0.39, 0.29) is 5.54 Å². The first kappa shape index (κ1) is 9.65. The van der Waals surface area contributed by atoms with Gasteiger partial charge in [-0.15, -0.1) is 0 Å². The third-order valence-corrected chi connectivity index (χ3v) is 3.00. The maximum atomic E-state index is 6.31. The van der Waals surface area contributed by atoms with Gasteiger partial charge in [0.1, 0.15) is 5.82 Å². The lowest BCUT2D eigenvalue weighted by Gasteiger charge is -2.32. The van der Waals surface area contributed by atoms with Crippen LogP contribution in [0.15, 0.2) is 0 Å². The molecule has 0 aliphatic heterocycles. The fraction of sp³-hybridized carbons (Fsp3) is 0.800. The van der Waals surface area contributed by atoms with Crippen molar-refractivity contribution in [2.24, 2.45) is 5.73 Å². The van der Waals surface area contributed by atoms with Crippen molar-refractivity contribution in [2.45, 2.75) is 51.0 Å². The Labute approximate surface area is 84.3 Å². The standard InChI is InChI=1S/C10H18N4/c1-8-12-9(14-13-8)7-10(11)5-3-2-4-6-10/h2-7,11H2,1H3,(H,12,13,14). The van der Waals surface area contributed by atoms with E-state index in [9.17, 15) is 0 Å². The Bertz CT molecular complexity index is 299. The highest BCUT2D eigenvalue weighted by Crippen LogP contribution is 2.28. The molecular formula is C10H18N4. The van der Waals surface area contributed by atoms with Crippen molar-refractivity contribution in [2.75, 3.05) is 0 Å². The van der Waals surface area contributed by atoms with Crippen LogP contribution in [0.25, 0.3) is 0 Å².